The topological polar surface area (TPSA) is 118 Å². The number of nitriles is 1. The lowest BCUT2D eigenvalue weighted by atomic mass is 10.0. The van der Waals surface area contributed by atoms with E-state index in [2.05, 4.69) is 11.1 Å². The number of furan rings is 1. The number of carbonyl (C=O) groups is 1. The number of benzene rings is 1. The Labute approximate surface area is 160 Å². The highest BCUT2D eigenvalue weighted by molar-refractivity contribution is 5.97. The molecule has 28 heavy (non-hydrogen) atoms. The number of fused-ring (bicyclic) bond motifs is 1. The van der Waals surface area contributed by atoms with E-state index in [0.29, 0.717) is 17.0 Å². The molecule has 7 nitrogen and oxygen atoms in total. The van der Waals surface area contributed by atoms with E-state index in [9.17, 15) is 15.2 Å². The van der Waals surface area contributed by atoms with Gasteiger partial charge in [0.05, 0.1) is 12.0 Å². The fourth-order valence-corrected chi connectivity index (χ4v) is 3.29. The summed E-state index contributed by atoms with van der Waals surface area (Å²) in [5.74, 6) is -0.333. The Bertz CT molecular complexity index is 1230. The predicted molar refractivity (Wildman–Crippen MR) is 104 cm³/mol. The first-order valence-corrected chi connectivity index (χ1v) is 8.58. The van der Waals surface area contributed by atoms with Crippen LogP contribution in [0, 0.1) is 11.3 Å². The van der Waals surface area contributed by atoms with Crippen LogP contribution in [-0.4, -0.2) is 20.6 Å². The van der Waals surface area contributed by atoms with Gasteiger partial charge in [-0.15, -0.1) is 0 Å². The second-order valence-corrected chi connectivity index (χ2v) is 6.39. The highest BCUT2D eigenvalue weighted by Crippen LogP contribution is 2.36. The molecule has 0 fully saturated rings. The summed E-state index contributed by atoms with van der Waals surface area (Å²) in [6.07, 6.45) is 3.27. The van der Waals surface area contributed by atoms with Gasteiger partial charge < -0.3 is 19.8 Å². The van der Waals surface area contributed by atoms with Crippen molar-refractivity contribution >= 4 is 22.7 Å². The summed E-state index contributed by atoms with van der Waals surface area (Å²) in [5, 5.41) is 19.8. The van der Waals surface area contributed by atoms with Gasteiger partial charge in [-0.05, 0) is 31.2 Å². The highest BCUT2D eigenvalue weighted by atomic mass is 16.4. The van der Waals surface area contributed by atoms with Gasteiger partial charge in [0, 0.05) is 28.2 Å². The summed E-state index contributed by atoms with van der Waals surface area (Å²) < 4.78 is 7.14. The Morgan fingerprint density at radius 2 is 2.07 bits per heavy atom. The van der Waals surface area contributed by atoms with Crippen LogP contribution in [0.25, 0.3) is 33.5 Å². The maximum atomic E-state index is 11.5. The predicted octanol–water partition coefficient (Wildman–Crippen LogP) is 4.06. The maximum Gasteiger partial charge on any atom is 0.326 e. The molecule has 0 unspecified atom stereocenters. The Balaban J connectivity index is 1.99. The van der Waals surface area contributed by atoms with Crippen LogP contribution >= 0.6 is 0 Å². The largest absolute Gasteiger partial charge is 0.480 e. The number of anilines is 1. The normalized spacial score (nSPS) is 12.0. The molecule has 4 aromatic rings. The molecule has 7 heteroatoms. The van der Waals surface area contributed by atoms with Gasteiger partial charge in [0.2, 0.25) is 0 Å². The van der Waals surface area contributed by atoms with Gasteiger partial charge in [0.1, 0.15) is 29.3 Å². The lowest BCUT2D eigenvalue weighted by Crippen LogP contribution is -2.14. The molecule has 0 aliphatic rings. The molecule has 0 aliphatic carbocycles. The first-order chi connectivity index (χ1) is 13.5. The second kappa shape index (κ2) is 6.59. The van der Waals surface area contributed by atoms with Crippen LogP contribution in [0.5, 0.6) is 0 Å². The molecule has 0 spiro atoms. The smallest absolute Gasteiger partial charge is 0.326 e. The van der Waals surface area contributed by atoms with Crippen LogP contribution in [0.3, 0.4) is 0 Å². The molecule has 1 aromatic carbocycles. The maximum absolute atomic E-state index is 11.5. The number of para-hydroxylation sites is 1. The van der Waals surface area contributed by atoms with Crippen LogP contribution in [0.4, 0.5) is 5.82 Å². The minimum absolute atomic E-state index is 0.0921. The number of hydrogen-bond acceptors (Lipinski definition) is 5. The van der Waals surface area contributed by atoms with E-state index in [1.807, 2.05) is 24.3 Å². The average molecular weight is 372 g/mol. The zero-order valence-electron chi connectivity index (χ0n) is 15.0. The molecule has 3 heterocycles. The van der Waals surface area contributed by atoms with Gasteiger partial charge >= 0.3 is 5.97 Å². The van der Waals surface area contributed by atoms with Crippen LogP contribution in [0.15, 0.2) is 59.3 Å². The first kappa shape index (κ1) is 17.4. The van der Waals surface area contributed by atoms with Crippen molar-refractivity contribution in [3.05, 3.63) is 60.5 Å². The van der Waals surface area contributed by atoms with Crippen molar-refractivity contribution in [1.82, 2.24) is 9.55 Å². The molecule has 1 atom stereocenters. The van der Waals surface area contributed by atoms with E-state index in [4.69, 9.17) is 10.2 Å². The number of carboxylic acid groups (broad SMARTS) is 1. The summed E-state index contributed by atoms with van der Waals surface area (Å²) in [6, 6.07) is 14.0. The quantitative estimate of drug-likeness (QED) is 0.557. The number of aliphatic carboxylic acids is 1. The number of aromatic nitrogens is 2. The van der Waals surface area contributed by atoms with Gasteiger partial charge in [-0.1, -0.05) is 18.2 Å². The number of hydrogen-bond donors (Lipinski definition) is 2. The van der Waals surface area contributed by atoms with E-state index >= 15 is 0 Å². The fourth-order valence-electron chi connectivity index (χ4n) is 3.29. The third kappa shape index (κ3) is 2.68. The number of pyridine rings is 1. The number of nitrogen functional groups attached to an aromatic ring is 1. The molecule has 0 amide bonds. The zero-order chi connectivity index (χ0) is 19.8. The Hall–Kier alpha value is -4.05. The number of carboxylic acids is 1. The van der Waals surface area contributed by atoms with E-state index in [-0.39, 0.29) is 11.4 Å². The van der Waals surface area contributed by atoms with E-state index in [1.165, 1.54) is 6.26 Å². The summed E-state index contributed by atoms with van der Waals surface area (Å²) >= 11 is 0. The summed E-state index contributed by atoms with van der Waals surface area (Å²) in [4.78, 5) is 15.9. The van der Waals surface area contributed by atoms with E-state index in [1.54, 1.807) is 35.9 Å². The minimum Gasteiger partial charge on any atom is -0.480 e. The van der Waals surface area contributed by atoms with Gasteiger partial charge in [-0.3, -0.25) is 0 Å². The lowest BCUT2D eigenvalue weighted by Gasteiger charge is -2.09. The van der Waals surface area contributed by atoms with Crippen LogP contribution in [0.2, 0.25) is 0 Å². The van der Waals surface area contributed by atoms with Gasteiger partial charge in [0.25, 0.3) is 0 Å². The highest BCUT2D eigenvalue weighted by Gasteiger charge is 2.21. The molecule has 138 valence electrons. The van der Waals surface area contributed by atoms with Crippen LogP contribution < -0.4 is 5.73 Å². The fraction of sp³-hybridized carbons (Fsp3) is 0.0952. The van der Waals surface area contributed by atoms with Crippen molar-refractivity contribution in [2.45, 2.75) is 13.0 Å². The van der Waals surface area contributed by atoms with Crippen LogP contribution in [-0.2, 0) is 4.79 Å². The Morgan fingerprint density at radius 3 is 2.75 bits per heavy atom. The minimum atomic E-state index is -0.934. The summed E-state index contributed by atoms with van der Waals surface area (Å²) in [5.41, 5.74) is 8.88. The molecule has 4 rings (SSSR count). The van der Waals surface area contributed by atoms with Crippen molar-refractivity contribution in [2.24, 2.45) is 0 Å². The molecule has 0 saturated heterocycles. The molecule has 3 N–H and O–H groups in total. The molecule has 0 aliphatic heterocycles. The van der Waals surface area contributed by atoms with E-state index < -0.39 is 12.0 Å². The Morgan fingerprint density at radius 1 is 1.29 bits per heavy atom. The third-order valence-electron chi connectivity index (χ3n) is 4.74. The molecule has 0 bridgehead atoms. The monoisotopic (exact) mass is 372 g/mol. The number of rotatable bonds is 4. The van der Waals surface area contributed by atoms with Gasteiger partial charge in [0.15, 0.2) is 0 Å². The van der Waals surface area contributed by atoms with Gasteiger partial charge in [-0.2, -0.15) is 5.26 Å². The van der Waals surface area contributed by atoms with Crippen LogP contribution in [0.1, 0.15) is 18.5 Å². The zero-order valence-corrected chi connectivity index (χ0v) is 15.0. The van der Waals surface area contributed by atoms with Crippen molar-refractivity contribution < 1.29 is 14.3 Å². The SMILES string of the molecule is C[C@H](C(=O)O)n1cc(-c2cc(-c3ccco3)c(C#N)c(N)n2)c2ccccc21. The lowest BCUT2D eigenvalue weighted by molar-refractivity contribution is -0.140. The van der Waals surface area contributed by atoms with Crippen molar-refractivity contribution in [3.63, 3.8) is 0 Å². The third-order valence-corrected chi connectivity index (χ3v) is 4.74. The van der Waals surface area contributed by atoms with Crippen molar-refractivity contribution in [3.8, 4) is 28.7 Å². The number of nitrogens with zero attached hydrogens (tertiary/aromatic N) is 3. The van der Waals surface area contributed by atoms with E-state index in [0.717, 1.165) is 16.5 Å². The van der Waals surface area contributed by atoms with Gasteiger partial charge in [-0.25, -0.2) is 9.78 Å². The first-order valence-electron chi connectivity index (χ1n) is 8.58. The second-order valence-electron chi connectivity index (χ2n) is 6.39. The number of nitrogens with two attached hydrogens (primary N) is 1. The van der Waals surface area contributed by atoms with Crippen molar-refractivity contribution in [1.29, 1.82) is 5.26 Å². The molecular formula is C21H16N4O3. The molecular weight excluding hydrogens is 356 g/mol. The van der Waals surface area contributed by atoms with Crippen molar-refractivity contribution in [2.75, 3.05) is 5.73 Å². The standard InChI is InChI=1S/C21H16N4O3/c1-12(21(26)27)25-11-16(13-5-2-3-6-18(13)25)17-9-14(19-7-4-8-28-19)15(10-22)20(23)24-17/h2-9,11-12H,1H3,(H2,23,24)(H,26,27)/t12-/m1/s1. The summed E-state index contributed by atoms with van der Waals surface area (Å²) in [7, 11) is 0. The Kier molecular flexibility index (Phi) is 4.09. The average Bonchev–Trinajstić information content (AvgIpc) is 3.35. The molecule has 0 radical (unpaired) electrons. The summed E-state index contributed by atoms with van der Waals surface area (Å²) in [6.45, 7) is 1.62. The molecule has 3 aromatic heterocycles. The molecule has 0 saturated carbocycles.